The predicted molar refractivity (Wildman–Crippen MR) is 74.9 cm³/mol. The van der Waals surface area contributed by atoms with Gasteiger partial charge in [-0.1, -0.05) is 0 Å². The van der Waals surface area contributed by atoms with E-state index in [1.54, 1.807) is 18.6 Å². The van der Waals surface area contributed by atoms with Crippen LogP contribution in [0.15, 0.2) is 30.9 Å². The lowest BCUT2D eigenvalue weighted by Crippen LogP contribution is -2.12. The lowest BCUT2D eigenvalue weighted by molar-refractivity contribution is 0.947. The first-order chi connectivity index (χ1) is 9.76. The molecule has 8 nitrogen and oxygen atoms in total. The summed E-state index contributed by atoms with van der Waals surface area (Å²) in [5.41, 5.74) is 4.15. The van der Waals surface area contributed by atoms with Crippen LogP contribution in [-0.2, 0) is 6.54 Å². The molecule has 0 atom stereocenters. The third-order valence-corrected chi connectivity index (χ3v) is 2.79. The zero-order valence-corrected chi connectivity index (χ0v) is 10.9. The number of hydrogen-bond donors (Lipinski definition) is 3. The predicted octanol–water partition coefficient (Wildman–Crippen LogP) is 0.725. The molecule has 102 valence electrons. The Morgan fingerprint density at radius 2 is 2.15 bits per heavy atom. The molecule has 0 bridgehead atoms. The number of nitrogens with one attached hydrogen (secondary N) is 2. The number of hydrogen-bond acceptors (Lipinski definition) is 7. The molecule has 0 aliphatic rings. The number of fused-ring (bicyclic) bond motifs is 1. The summed E-state index contributed by atoms with van der Waals surface area (Å²) in [6, 6.07) is 1.85. The maximum atomic E-state index is 5.41. The van der Waals surface area contributed by atoms with Crippen molar-refractivity contribution in [3.63, 3.8) is 0 Å². The van der Waals surface area contributed by atoms with E-state index < -0.39 is 0 Å². The zero-order chi connectivity index (χ0) is 13.9. The van der Waals surface area contributed by atoms with Gasteiger partial charge in [0.2, 0.25) is 0 Å². The van der Waals surface area contributed by atoms with Crippen molar-refractivity contribution in [3.05, 3.63) is 42.4 Å². The van der Waals surface area contributed by atoms with Crippen LogP contribution in [0.25, 0.3) is 5.65 Å². The maximum absolute atomic E-state index is 5.41. The summed E-state index contributed by atoms with van der Waals surface area (Å²) in [7, 11) is 0. The van der Waals surface area contributed by atoms with E-state index in [9.17, 15) is 0 Å². The molecule has 3 aromatic rings. The summed E-state index contributed by atoms with van der Waals surface area (Å²) >= 11 is 0. The molecule has 4 N–H and O–H groups in total. The van der Waals surface area contributed by atoms with Crippen LogP contribution in [0.2, 0.25) is 0 Å². The molecule has 0 spiro atoms. The summed E-state index contributed by atoms with van der Waals surface area (Å²) < 4.78 is 1.84. The molecule has 3 aromatic heterocycles. The Bertz CT molecular complexity index is 735. The lowest BCUT2D eigenvalue weighted by atomic mass is 10.4. The quantitative estimate of drug-likeness (QED) is 0.474. The van der Waals surface area contributed by atoms with Crippen molar-refractivity contribution < 1.29 is 0 Å². The Hall–Kier alpha value is -2.74. The largest absolute Gasteiger partial charge is 0.361 e. The summed E-state index contributed by atoms with van der Waals surface area (Å²) in [5.74, 6) is 7.34. The van der Waals surface area contributed by atoms with E-state index in [-0.39, 0.29) is 0 Å². The highest BCUT2D eigenvalue weighted by molar-refractivity contribution is 5.65. The van der Waals surface area contributed by atoms with Crippen molar-refractivity contribution in [2.24, 2.45) is 5.84 Å². The molecule has 0 saturated carbocycles. The summed E-state index contributed by atoms with van der Waals surface area (Å²) in [4.78, 5) is 17.0. The number of hydrazine groups is 1. The van der Waals surface area contributed by atoms with Gasteiger partial charge in [0.05, 0.1) is 18.4 Å². The second-order valence-corrected chi connectivity index (χ2v) is 4.23. The van der Waals surface area contributed by atoms with Gasteiger partial charge in [-0.15, -0.1) is 0 Å². The van der Waals surface area contributed by atoms with E-state index in [1.165, 1.54) is 0 Å². The summed E-state index contributed by atoms with van der Waals surface area (Å²) in [6.07, 6.45) is 7.04. The second-order valence-electron chi connectivity index (χ2n) is 4.23. The number of nitrogens with two attached hydrogens (primary N) is 1. The van der Waals surface area contributed by atoms with Crippen LogP contribution in [0.3, 0.4) is 0 Å². The van der Waals surface area contributed by atoms with Gasteiger partial charge in [-0.2, -0.15) is 0 Å². The molecular weight excluding hydrogens is 256 g/mol. The summed E-state index contributed by atoms with van der Waals surface area (Å²) in [6.45, 7) is 2.39. The van der Waals surface area contributed by atoms with E-state index in [0.717, 1.165) is 17.2 Å². The van der Waals surface area contributed by atoms with Gasteiger partial charge in [0.1, 0.15) is 5.82 Å². The second kappa shape index (κ2) is 5.10. The average Bonchev–Trinajstić information content (AvgIpc) is 2.93. The van der Waals surface area contributed by atoms with Gasteiger partial charge in [-0.05, 0) is 13.0 Å². The van der Waals surface area contributed by atoms with E-state index in [1.807, 2.05) is 23.6 Å². The van der Waals surface area contributed by atoms with Crippen LogP contribution in [0.1, 0.15) is 11.5 Å². The third kappa shape index (κ3) is 2.36. The SMILES string of the molecule is Cc1nccc(CNc2nc(NN)cn3ccnc23)n1. The topological polar surface area (TPSA) is 106 Å². The van der Waals surface area contributed by atoms with Crippen LogP contribution in [0.4, 0.5) is 11.6 Å². The van der Waals surface area contributed by atoms with Crippen LogP contribution in [0.5, 0.6) is 0 Å². The van der Waals surface area contributed by atoms with Gasteiger partial charge in [0.25, 0.3) is 0 Å². The molecule has 20 heavy (non-hydrogen) atoms. The Labute approximate surface area is 115 Å². The van der Waals surface area contributed by atoms with Crippen LogP contribution in [-0.4, -0.2) is 24.3 Å². The first-order valence-electron chi connectivity index (χ1n) is 6.09. The van der Waals surface area contributed by atoms with Crippen molar-refractivity contribution in [1.29, 1.82) is 0 Å². The fraction of sp³-hybridized carbons (Fsp3) is 0.167. The fourth-order valence-corrected chi connectivity index (χ4v) is 1.90. The van der Waals surface area contributed by atoms with Crippen LogP contribution < -0.4 is 16.6 Å². The van der Waals surface area contributed by atoms with Gasteiger partial charge < -0.3 is 15.1 Å². The van der Waals surface area contributed by atoms with E-state index in [0.29, 0.717) is 18.2 Å². The number of anilines is 2. The molecule has 0 saturated heterocycles. The van der Waals surface area contributed by atoms with Crippen LogP contribution >= 0.6 is 0 Å². The van der Waals surface area contributed by atoms with E-state index in [2.05, 4.69) is 30.7 Å². The molecule has 0 aliphatic heterocycles. The van der Waals surface area contributed by atoms with Crippen LogP contribution in [0, 0.1) is 6.92 Å². The number of nitrogen functional groups attached to an aromatic ring is 1. The van der Waals surface area contributed by atoms with Crippen molar-refractivity contribution in [2.45, 2.75) is 13.5 Å². The minimum absolute atomic E-state index is 0.535. The van der Waals surface area contributed by atoms with E-state index >= 15 is 0 Å². The van der Waals surface area contributed by atoms with Gasteiger partial charge in [-0.25, -0.2) is 25.8 Å². The number of rotatable bonds is 4. The molecule has 0 fully saturated rings. The standard InChI is InChI=1S/C12H14N8/c1-8-14-3-2-9(17-8)6-16-11-12-15-4-5-20(12)7-10(18-11)19-13/h2-5,7,19H,6,13H2,1H3,(H,16,18). The Kier molecular flexibility index (Phi) is 3.13. The van der Waals surface area contributed by atoms with Gasteiger partial charge >= 0.3 is 0 Å². The third-order valence-electron chi connectivity index (χ3n) is 2.79. The van der Waals surface area contributed by atoms with Crippen molar-refractivity contribution >= 4 is 17.3 Å². The fourth-order valence-electron chi connectivity index (χ4n) is 1.90. The highest BCUT2D eigenvalue weighted by atomic mass is 15.3. The molecular formula is C12H14N8. The number of aryl methyl sites for hydroxylation is 1. The molecule has 0 amide bonds. The van der Waals surface area contributed by atoms with Crippen molar-refractivity contribution in [1.82, 2.24) is 24.3 Å². The molecule has 8 heteroatoms. The number of imidazole rings is 1. The lowest BCUT2D eigenvalue weighted by Gasteiger charge is -2.09. The molecule has 0 aromatic carbocycles. The highest BCUT2D eigenvalue weighted by Crippen LogP contribution is 2.16. The van der Waals surface area contributed by atoms with Crippen molar-refractivity contribution in [2.75, 3.05) is 10.7 Å². The minimum atomic E-state index is 0.535. The number of aromatic nitrogens is 5. The first-order valence-corrected chi connectivity index (χ1v) is 6.09. The van der Waals surface area contributed by atoms with Crippen molar-refractivity contribution in [3.8, 4) is 0 Å². The molecule has 0 radical (unpaired) electrons. The average molecular weight is 270 g/mol. The Morgan fingerprint density at radius 1 is 1.25 bits per heavy atom. The molecule has 0 aliphatic carbocycles. The van der Waals surface area contributed by atoms with E-state index in [4.69, 9.17) is 5.84 Å². The Morgan fingerprint density at radius 3 is 2.95 bits per heavy atom. The zero-order valence-electron chi connectivity index (χ0n) is 10.9. The smallest absolute Gasteiger partial charge is 0.180 e. The maximum Gasteiger partial charge on any atom is 0.180 e. The monoisotopic (exact) mass is 270 g/mol. The van der Waals surface area contributed by atoms with Gasteiger partial charge in [0, 0.05) is 18.6 Å². The highest BCUT2D eigenvalue weighted by Gasteiger charge is 2.07. The Balaban J connectivity index is 1.88. The first kappa shape index (κ1) is 12.3. The summed E-state index contributed by atoms with van der Waals surface area (Å²) in [5, 5.41) is 3.21. The molecule has 3 heterocycles. The number of nitrogens with zero attached hydrogens (tertiary/aromatic N) is 5. The van der Waals surface area contributed by atoms with Gasteiger partial charge in [0.15, 0.2) is 17.3 Å². The minimum Gasteiger partial charge on any atom is -0.361 e. The normalized spacial score (nSPS) is 10.7. The van der Waals surface area contributed by atoms with Gasteiger partial charge in [-0.3, -0.25) is 0 Å². The molecule has 3 rings (SSSR count). The molecule has 0 unspecified atom stereocenters.